The molecule has 1 rings (SSSR count). The fourth-order valence-electron chi connectivity index (χ4n) is 2.03. The molecule has 1 atom stereocenters. The third-order valence-corrected chi connectivity index (χ3v) is 3.55. The fourth-order valence-corrected chi connectivity index (χ4v) is 2.03. The van der Waals surface area contributed by atoms with Gasteiger partial charge in [-0.05, 0) is 25.7 Å². The summed E-state index contributed by atoms with van der Waals surface area (Å²) in [4.78, 5) is 35.8. The largest absolute Gasteiger partial charge is 0.350 e. The highest BCUT2D eigenvalue weighted by Crippen LogP contribution is 2.19. The van der Waals surface area contributed by atoms with Crippen LogP contribution in [0.25, 0.3) is 0 Å². The summed E-state index contributed by atoms with van der Waals surface area (Å²) >= 11 is 0. The Morgan fingerprint density at radius 2 is 1.95 bits per heavy atom. The zero-order chi connectivity index (χ0) is 16.0. The molecule has 21 heavy (non-hydrogen) atoms. The van der Waals surface area contributed by atoms with Crippen LogP contribution >= 0.6 is 0 Å². The van der Waals surface area contributed by atoms with E-state index in [-0.39, 0.29) is 30.3 Å². The zero-order valence-electron chi connectivity index (χ0n) is 13.2. The quantitative estimate of drug-likeness (QED) is 0.504. The van der Waals surface area contributed by atoms with Crippen LogP contribution in [0.15, 0.2) is 11.6 Å². The smallest absolute Gasteiger partial charge is 0.246 e. The van der Waals surface area contributed by atoms with Gasteiger partial charge in [0, 0.05) is 18.7 Å². The summed E-state index contributed by atoms with van der Waals surface area (Å²) in [7, 11) is 1.68. The lowest BCUT2D eigenvalue weighted by molar-refractivity contribution is -0.132. The second-order valence-electron chi connectivity index (χ2n) is 5.84. The molecule has 0 saturated heterocycles. The van der Waals surface area contributed by atoms with Gasteiger partial charge in [-0.1, -0.05) is 19.9 Å². The molecule has 3 amide bonds. The van der Waals surface area contributed by atoms with Crippen LogP contribution in [0.5, 0.6) is 0 Å². The molecular formula is C15H25N3O3. The van der Waals surface area contributed by atoms with Crippen molar-refractivity contribution >= 4 is 18.2 Å². The molecule has 0 aromatic rings. The summed E-state index contributed by atoms with van der Waals surface area (Å²) in [6, 6.07) is 0.130. The highest BCUT2D eigenvalue weighted by Gasteiger charge is 2.25. The van der Waals surface area contributed by atoms with Crippen molar-refractivity contribution in [2.24, 2.45) is 5.92 Å². The Bertz CT molecular complexity index is 428. The van der Waals surface area contributed by atoms with E-state index < -0.39 is 0 Å². The van der Waals surface area contributed by atoms with E-state index in [4.69, 9.17) is 0 Å². The molecule has 0 aromatic heterocycles. The molecule has 1 aliphatic carbocycles. The number of nitrogens with zero attached hydrogens (tertiary/aromatic N) is 1. The second-order valence-corrected chi connectivity index (χ2v) is 5.84. The van der Waals surface area contributed by atoms with Gasteiger partial charge in [0.1, 0.15) is 0 Å². The highest BCUT2D eigenvalue weighted by molar-refractivity contribution is 5.93. The van der Waals surface area contributed by atoms with E-state index in [1.807, 2.05) is 19.9 Å². The lowest BCUT2D eigenvalue weighted by Crippen LogP contribution is -2.43. The van der Waals surface area contributed by atoms with Gasteiger partial charge in [-0.15, -0.1) is 0 Å². The lowest BCUT2D eigenvalue weighted by Gasteiger charge is -2.29. The van der Waals surface area contributed by atoms with Gasteiger partial charge < -0.3 is 15.5 Å². The summed E-state index contributed by atoms with van der Waals surface area (Å²) in [5, 5.41) is 5.29. The molecule has 118 valence electrons. The van der Waals surface area contributed by atoms with Crippen LogP contribution in [0, 0.1) is 5.92 Å². The minimum absolute atomic E-state index is 0.0373. The van der Waals surface area contributed by atoms with Gasteiger partial charge >= 0.3 is 0 Å². The predicted molar refractivity (Wildman–Crippen MR) is 80.4 cm³/mol. The van der Waals surface area contributed by atoms with E-state index in [2.05, 4.69) is 10.6 Å². The average Bonchev–Trinajstić information content (AvgIpc) is 3.24. The topological polar surface area (TPSA) is 78.5 Å². The molecule has 1 fully saturated rings. The fraction of sp³-hybridized carbons (Fsp3) is 0.667. The Morgan fingerprint density at radius 3 is 2.43 bits per heavy atom. The van der Waals surface area contributed by atoms with E-state index in [1.165, 1.54) is 0 Å². The first kappa shape index (κ1) is 17.2. The van der Waals surface area contributed by atoms with Crippen LogP contribution in [0.4, 0.5) is 0 Å². The average molecular weight is 295 g/mol. The van der Waals surface area contributed by atoms with Crippen LogP contribution in [0.1, 0.15) is 33.6 Å². The molecule has 0 aromatic carbocycles. The standard InChI is InChI=1S/C15H25N3O3/c1-10(2)13(18(4)14(20)8-16-9-19)7-11(3)15(21)17-12-5-6-12/h7,9-10,12-13H,5-6,8H2,1-4H3,(H,16,19)(H,17,21)/b11-7+/t13-/m1/s1. The first-order chi connectivity index (χ1) is 9.86. The van der Waals surface area contributed by atoms with Crippen molar-refractivity contribution in [3.05, 3.63) is 11.6 Å². The molecule has 0 unspecified atom stereocenters. The minimum Gasteiger partial charge on any atom is -0.350 e. The molecule has 6 heteroatoms. The Morgan fingerprint density at radius 1 is 1.33 bits per heavy atom. The van der Waals surface area contributed by atoms with E-state index in [0.29, 0.717) is 18.0 Å². The van der Waals surface area contributed by atoms with Crippen LogP contribution in [0.3, 0.4) is 0 Å². The number of carbonyl (C=O) groups excluding carboxylic acids is 3. The Hall–Kier alpha value is -1.85. The zero-order valence-corrected chi connectivity index (χ0v) is 13.2. The Labute approximate surface area is 125 Å². The van der Waals surface area contributed by atoms with Gasteiger partial charge in [0.25, 0.3) is 0 Å². The first-order valence-corrected chi connectivity index (χ1v) is 7.28. The Balaban J connectivity index is 2.72. The second kappa shape index (κ2) is 7.81. The molecular weight excluding hydrogens is 270 g/mol. The van der Waals surface area contributed by atoms with Crippen molar-refractivity contribution in [2.45, 2.75) is 45.7 Å². The van der Waals surface area contributed by atoms with E-state index in [0.717, 1.165) is 12.8 Å². The highest BCUT2D eigenvalue weighted by atomic mass is 16.2. The first-order valence-electron chi connectivity index (χ1n) is 7.28. The number of rotatable bonds is 8. The van der Waals surface area contributed by atoms with Crippen LogP contribution in [-0.4, -0.2) is 48.8 Å². The molecule has 1 saturated carbocycles. The number of carbonyl (C=O) groups is 3. The SMILES string of the molecule is C/C(=C\[C@H](C(C)C)N(C)C(=O)CNC=O)C(=O)NC1CC1. The van der Waals surface area contributed by atoms with Crippen molar-refractivity contribution in [2.75, 3.05) is 13.6 Å². The molecule has 0 heterocycles. The van der Waals surface area contributed by atoms with Gasteiger partial charge in [0.2, 0.25) is 18.2 Å². The molecule has 0 aliphatic heterocycles. The van der Waals surface area contributed by atoms with Gasteiger partial charge in [0.05, 0.1) is 12.6 Å². The monoisotopic (exact) mass is 295 g/mol. The number of nitrogens with one attached hydrogen (secondary N) is 2. The van der Waals surface area contributed by atoms with Gasteiger partial charge in [0.15, 0.2) is 0 Å². The van der Waals surface area contributed by atoms with Gasteiger partial charge in [-0.3, -0.25) is 14.4 Å². The summed E-state index contributed by atoms with van der Waals surface area (Å²) in [5.41, 5.74) is 0.614. The molecule has 0 radical (unpaired) electrons. The summed E-state index contributed by atoms with van der Waals surface area (Å²) in [5.74, 6) is -0.0960. The van der Waals surface area contributed by atoms with Gasteiger partial charge in [-0.2, -0.15) is 0 Å². The third kappa shape index (κ3) is 5.57. The maximum atomic E-state index is 12.0. The maximum Gasteiger partial charge on any atom is 0.246 e. The van der Waals surface area contributed by atoms with Crippen molar-refractivity contribution in [1.29, 1.82) is 0 Å². The predicted octanol–water partition coefficient (Wildman–Crippen LogP) is 0.440. The van der Waals surface area contributed by atoms with E-state index in [9.17, 15) is 14.4 Å². The summed E-state index contributed by atoms with van der Waals surface area (Å²) < 4.78 is 0. The van der Waals surface area contributed by atoms with E-state index in [1.54, 1.807) is 18.9 Å². The molecule has 6 nitrogen and oxygen atoms in total. The number of hydrogen-bond donors (Lipinski definition) is 2. The van der Waals surface area contributed by atoms with E-state index >= 15 is 0 Å². The summed E-state index contributed by atoms with van der Waals surface area (Å²) in [6.45, 7) is 5.70. The van der Waals surface area contributed by atoms with Crippen molar-refractivity contribution in [3.8, 4) is 0 Å². The molecule has 2 N–H and O–H groups in total. The van der Waals surface area contributed by atoms with Crippen molar-refractivity contribution < 1.29 is 14.4 Å². The lowest BCUT2D eigenvalue weighted by atomic mass is 10.00. The molecule has 0 bridgehead atoms. The number of hydrogen-bond acceptors (Lipinski definition) is 3. The maximum absolute atomic E-state index is 12.0. The van der Waals surface area contributed by atoms with Crippen LogP contribution in [-0.2, 0) is 14.4 Å². The normalized spacial score (nSPS) is 16.3. The minimum atomic E-state index is -0.188. The number of likely N-dealkylation sites (N-methyl/N-ethyl adjacent to an activating group) is 1. The Kier molecular flexibility index (Phi) is 6.39. The summed E-state index contributed by atoms with van der Waals surface area (Å²) in [6.07, 6.45) is 4.41. The third-order valence-electron chi connectivity index (χ3n) is 3.55. The molecule has 1 aliphatic rings. The molecule has 0 spiro atoms. The van der Waals surface area contributed by atoms with Crippen LogP contribution in [0.2, 0.25) is 0 Å². The number of amides is 3. The van der Waals surface area contributed by atoms with Gasteiger partial charge in [-0.25, -0.2) is 0 Å². The van der Waals surface area contributed by atoms with Crippen molar-refractivity contribution in [3.63, 3.8) is 0 Å². The van der Waals surface area contributed by atoms with Crippen LogP contribution < -0.4 is 10.6 Å². The van der Waals surface area contributed by atoms with Crippen molar-refractivity contribution in [1.82, 2.24) is 15.5 Å².